The Hall–Kier alpha value is -2.49. The smallest absolute Gasteiger partial charge is 0.264 e. The second-order valence-corrected chi connectivity index (χ2v) is 13.6. The molecular weight excluding hydrogens is 616 g/mol. The van der Waals surface area contributed by atoms with Crippen molar-refractivity contribution < 1.29 is 18.0 Å². The number of nitrogens with zero attached hydrogens (tertiary/aromatic N) is 2. The molecule has 0 heterocycles. The van der Waals surface area contributed by atoms with Crippen molar-refractivity contribution in [3.05, 3.63) is 92.4 Å². The largest absolute Gasteiger partial charge is 0.350 e. The number of hydrogen-bond acceptors (Lipinski definition) is 4. The third-order valence-corrected chi connectivity index (χ3v) is 8.94. The highest BCUT2D eigenvalue weighted by Crippen LogP contribution is 2.31. The van der Waals surface area contributed by atoms with Gasteiger partial charge in [0.2, 0.25) is 11.8 Å². The van der Waals surface area contributed by atoms with E-state index >= 15 is 0 Å². The summed E-state index contributed by atoms with van der Waals surface area (Å²) in [7, 11) is -4.23. The lowest BCUT2D eigenvalue weighted by Gasteiger charge is -2.33. The van der Waals surface area contributed by atoms with E-state index in [1.54, 1.807) is 37.3 Å². The lowest BCUT2D eigenvalue weighted by molar-refractivity contribution is -0.140. The molecule has 0 saturated heterocycles. The Morgan fingerprint density at radius 1 is 0.875 bits per heavy atom. The first-order valence-electron chi connectivity index (χ1n) is 12.2. The summed E-state index contributed by atoms with van der Waals surface area (Å²) in [6.45, 7) is 6.31. The highest BCUT2D eigenvalue weighted by atomic mass is 35.5. The standard InChI is InChI=1S/C28H29Cl4N3O4S/c1-18(27(37)33-28(2,3)4)34(16-19-10-11-20(29)14-24(19)31)26(36)17-35(21-12-13-23(30)25(32)15-21)40(38,39)22-8-6-5-7-9-22/h5-15,18H,16-17H2,1-4H3,(H,33,37)/t18-/m1/s1. The third-order valence-electron chi connectivity index (χ3n) is 5.82. The summed E-state index contributed by atoms with van der Waals surface area (Å²) in [6, 6.07) is 15.8. The van der Waals surface area contributed by atoms with Crippen molar-refractivity contribution in [3.8, 4) is 0 Å². The van der Waals surface area contributed by atoms with Crippen molar-refractivity contribution >= 4 is 73.9 Å². The van der Waals surface area contributed by atoms with E-state index in [4.69, 9.17) is 46.4 Å². The molecule has 0 bridgehead atoms. The molecule has 12 heteroatoms. The monoisotopic (exact) mass is 643 g/mol. The first kappa shape index (κ1) is 32.0. The molecule has 0 aliphatic heterocycles. The van der Waals surface area contributed by atoms with Crippen molar-refractivity contribution in [3.63, 3.8) is 0 Å². The van der Waals surface area contributed by atoms with Crippen LogP contribution < -0.4 is 9.62 Å². The number of rotatable bonds is 9. The molecule has 0 saturated carbocycles. The number of benzene rings is 3. The second kappa shape index (κ2) is 13.0. The van der Waals surface area contributed by atoms with Crippen LogP contribution in [0.3, 0.4) is 0 Å². The van der Waals surface area contributed by atoms with E-state index in [1.807, 2.05) is 20.8 Å². The number of sulfonamides is 1. The van der Waals surface area contributed by atoms with Gasteiger partial charge in [-0.05, 0) is 75.7 Å². The molecule has 214 valence electrons. The minimum atomic E-state index is -4.23. The van der Waals surface area contributed by atoms with Crippen LogP contribution in [0.1, 0.15) is 33.3 Å². The van der Waals surface area contributed by atoms with E-state index in [1.165, 1.54) is 41.3 Å². The van der Waals surface area contributed by atoms with Gasteiger partial charge in [0.25, 0.3) is 10.0 Å². The minimum absolute atomic E-state index is 0.0281. The fourth-order valence-electron chi connectivity index (χ4n) is 3.78. The lowest BCUT2D eigenvalue weighted by Crippen LogP contribution is -2.54. The number of carbonyl (C=O) groups is 2. The predicted molar refractivity (Wildman–Crippen MR) is 162 cm³/mol. The zero-order valence-electron chi connectivity index (χ0n) is 22.3. The molecule has 0 unspecified atom stereocenters. The van der Waals surface area contributed by atoms with Crippen molar-refractivity contribution in [2.24, 2.45) is 0 Å². The number of amides is 2. The van der Waals surface area contributed by atoms with Gasteiger partial charge in [0.15, 0.2) is 0 Å². The zero-order chi connectivity index (χ0) is 29.8. The van der Waals surface area contributed by atoms with Gasteiger partial charge in [-0.25, -0.2) is 8.42 Å². The summed E-state index contributed by atoms with van der Waals surface area (Å²) in [4.78, 5) is 28.4. The van der Waals surface area contributed by atoms with E-state index in [0.717, 1.165) is 4.31 Å². The molecule has 0 aliphatic carbocycles. The Bertz CT molecular complexity index is 1500. The van der Waals surface area contributed by atoms with Gasteiger partial charge in [-0.1, -0.05) is 70.7 Å². The molecule has 0 fully saturated rings. The van der Waals surface area contributed by atoms with Crippen molar-refractivity contribution in [2.75, 3.05) is 10.8 Å². The van der Waals surface area contributed by atoms with Crippen LogP contribution in [-0.4, -0.2) is 43.3 Å². The quantitative estimate of drug-likeness (QED) is 0.277. The maximum atomic E-state index is 14.0. The Kier molecular flexibility index (Phi) is 10.4. The van der Waals surface area contributed by atoms with Crippen LogP contribution in [0.15, 0.2) is 71.6 Å². The van der Waals surface area contributed by atoms with Crippen LogP contribution >= 0.6 is 46.4 Å². The highest BCUT2D eigenvalue weighted by molar-refractivity contribution is 7.92. The van der Waals surface area contributed by atoms with Gasteiger partial charge in [0.1, 0.15) is 12.6 Å². The first-order chi connectivity index (χ1) is 18.6. The topological polar surface area (TPSA) is 86.8 Å². The summed E-state index contributed by atoms with van der Waals surface area (Å²) in [5.74, 6) is -1.06. The van der Waals surface area contributed by atoms with Crippen LogP contribution in [0.4, 0.5) is 5.69 Å². The van der Waals surface area contributed by atoms with Gasteiger partial charge >= 0.3 is 0 Å². The summed E-state index contributed by atoms with van der Waals surface area (Å²) in [6.07, 6.45) is 0. The number of anilines is 1. The van der Waals surface area contributed by atoms with Crippen molar-refractivity contribution in [1.82, 2.24) is 10.2 Å². The third kappa shape index (κ3) is 8.04. The van der Waals surface area contributed by atoms with E-state index in [-0.39, 0.29) is 27.2 Å². The Balaban J connectivity index is 2.07. The molecule has 0 aromatic heterocycles. The molecule has 40 heavy (non-hydrogen) atoms. The molecule has 3 aromatic rings. The molecule has 3 aromatic carbocycles. The molecule has 2 amide bonds. The number of hydrogen-bond donors (Lipinski definition) is 1. The summed E-state index contributed by atoms with van der Waals surface area (Å²) in [5.41, 5.74) is 0.0884. The summed E-state index contributed by atoms with van der Waals surface area (Å²) < 4.78 is 28.5. The molecule has 0 spiro atoms. The van der Waals surface area contributed by atoms with Crippen LogP contribution in [0.2, 0.25) is 20.1 Å². The number of carbonyl (C=O) groups excluding carboxylic acids is 2. The van der Waals surface area contributed by atoms with Crippen LogP contribution in [-0.2, 0) is 26.2 Å². The summed E-state index contributed by atoms with van der Waals surface area (Å²) in [5, 5.41) is 3.91. The SMILES string of the molecule is C[C@H](C(=O)NC(C)(C)C)N(Cc1ccc(Cl)cc1Cl)C(=O)CN(c1ccc(Cl)c(Cl)c1)S(=O)(=O)c1ccccc1. The van der Waals surface area contributed by atoms with E-state index in [9.17, 15) is 18.0 Å². The molecule has 0 radical (unpaired) electrons. The molecule has 1 N–H and O–H groups in total. The molecule has 0 aliphatic rings. The Labute approximate surface area is 255 Å². The molecule has 7 nitrogen and oxygen atoms in total. The molecule has 1 atom stereocenters. The Morgan fingerprint density at radius 3 is 2.10 bits per heavy atom. The fourth-order valence-corrected chi connectivity index (χ4v) is 5.97. The normalized spacial score (nSPS) is 12.5. The van der Waals surface area contributed by atoms with E-state index in [2.05, 4.69) is 5.32 Å². The average molecular weight is 645 g/mol. The fraction of sp³-hybridized carbons (Fsp3) is 0.286. The Morgan fingerprint density at radius 2 is 1.52 bits per heavy atom. The van der Waals surface area contributed by atoms with Gasteiger partial charge in [-0.15, -0.1) is 0 Å². The van der Waals surface area contributed by atoms with Gasteiger partial charge in [-0.3, -0.25) is 13.9 Å². The van der Waals surface area contributed by atoms with Gasteiger partial charge in [-0.2, -0.15) is 0 Å². The molecular formula is C28H29Cl4N3O4S. The van der Waals surface area contributed by atoms with Gasteiger partial charge in [0.05, 0.1) is 20.6 Å². The maximum Gasteiger partial charge on any atom is 0.264 e. The number of halogens is 4. The van der Waals surface area contributed by atoms with Gasteiger partial charge in [0, 0.05) is 22.1 Å². The first-order valence-corrected chi connectivity index (χ1v) is 15.1. The van der Waals surface area contributed by atoms with E-state index in [0.29, 0.717) is 15.6 Å². The van der Waals surface area contributed by atoms with Crippen LogP contribution in [0.5, 0.6) is 0 Å². The second-order valence-electron chi connectivity index (χ2n) is 10.1. The minimum Gasteiger partial charge on any atom is -0.350 e. The lowest BCUT2D eigenvalue weighted by atomic mass is 10.1. The zero-order valence-corrected chi connectivity index (χ0v) is 26.1. The van der Waals surface area contributed by atoms with Crippen LogP contribution in [0.25, 0.3) is 0 Å². The van der Waals surface area contributed by atoms with Gasteiger partial charge < -0.3 is 10.2 Å². The van der Waals surface area contributed by atoms with Crippen molar-refractivity contribution in [2.45, 2.75) is 50.7 Å². The van der Waals surface area contributed by atoms with E-state index < -0.39 is 40.0 Å². The number of nitrogens with one attached hydrogen (secondary N) is 1. The van der Waals surface area contributed by atoms with Crippen molar-refractivity contribution in [1.29, 1.82) is 0 Å². The predicted octanol–water partition coefficient (Wildman–Crippen LogP) is 6.83. The summed E-state index contributed by atoms with van der Waals surface area (Å²) >= 11 is 24.7. The average Bonchev–Trinajstić information content (AvgIpc) is 2.87. The maximum absolute atomic E-state index is 14.0. The molecule has 3 rings (SSSR count). The van der Waals surface area contributed by atoms with Crippen LogP contribution in [0, 0.1) is 0 Å². The highest BCUT2D eigenvalue weighted by Gasteiger charge is 2.33.